The Labute approximate surface area is 121 Å². The first-order chi connectivity index (χ1) is 9.55. The van der Waals surface area contributed by atoms with Gasteiger partial charge < -0.3 is 5.32 Å². The minimum absolute atomic E-state index is 0.186. The molecule has 3 N–H and O–H groups in total. The Kier molecular flexibility index (Phi) is 5.57. The molecule has 1 aliphatic rings. The molecule has 0 saturated heterocycles. The normalized spacial score (nSPS) is 17.9. The lowest BCUT2D eigenvalue weighted by molar-refractivity contribution is 0.425. The van der Waals surface area contributed by atoms with Gasteiger partial charge in [0.2, 0.25) is 10.0 Å². The highest BCUT2D eigenvalue weighted by atomic mass is 32.2. The van der Waals surface area contributed by atoms with Gasteiger partial charge in [-0.15, -0.1) is 0 Å². The lowest BCUT2D eigenvalue weighted by Gasteiger charge is -2.15. The first-order valence-electron chi connectivity index (χ1n) is 7.38. The van der Waals surface area contributed by atoms with Crippen LogP contribution in [0.25, 0.3) is 0 Å². The van der Waals surface area contributed by atoms with E-state index in [0.29, 0.717) is 6.54 Å². The van der Waals surface area contributed by atoms with E-state index in [0.717, 1.165) is 18.0 Å². The largest absolute Gasteiger partial charge is 0.312 e. The summed E-state index contributed by atoms with van der Waals surface area (Å²) in [6.07, 6.45) is 8.04. The van der Waals surface area contributed by atoms with Crippen LogP contribution in [-0.2, 0) is 16.6 Å². The van der Waals surface area contributed by atoms with Gasteiger partial charge in [0.1, 0.15) is 0 Å². The molecule has 0 unspecified atom stereocenters. The van der Waals surface area contributed by atoms with E-state index >= 15 is 0 Å². The smallest absolute Gasteiger partial charge is 0.238 e. The van der Waals surface area contributed by atoms with E-state index in [1.165, 1.54) is 44.6 Å². The summed E-state index contributed by atoms with van der Waals surface area (Å²) in [4.78, 5) is 0.186. The van der Waals surface area contributed by atoms with Crippen molar-refractivity contribution in [1.82, 2.24) is 5.32 Å². The third kappa shape index (κ3) is 4.89. The number of rotatable bonds is 5. The zero-order valence-corrected chi connectivity index (χ0v) is 12.7. The molecule has 0 aliphatic heterocycles. The number of benzene rings is 1. The van der Waals surface area contributed by atoms with Crippen molar-refractivity contribution in [3.63, 3.8) is 0 Å². The van der Waals surface area contributed by atoms with Crippen LogP contribution in [0.2, 0.25) is 0 Å². The van der Waals surface area contributed by atoms with Crippen LogP contribution in [-0.4, -0.2) is 15.0 Å². The highest BCUT2D eigenvalue weighted by Gasteiger charge is 2.12. The Balaban J connectivity index is 1.84. The molecule has 1 aromatic rings. The van der Waals surface area contributed by atoms with Gasteiger partial charge in [-0.3, -0.25) is 0 Å². The maximum atomic E-state index is 11.3. The maximum Gasteiger partial charge on any atom is 0.238 e. The summed E-state index contributed by atoms with van der Waals surface area (Å²) >= 11 is 0. The fourth-order valence-corrected chi connectivity index (χ4v) is 3.40. The van der Waals surface area contributed by atoms with E-state index < -0.39 is 10.0 Å². The molecule has 1 fully saturated rings. The van der Waals surface area contributed by atoms with E-state index in [1.807, 2.05) is 6.07 Å². The van der Waals surface area contributed by atoms with Gasteiger partial charge in [-0.2, -0.15) is 0 Å². The molecule has 1 aromatic carbocycles. The average Bonchev–Trinajstić information content (AvgIpc) is 2.67. The summed E-state index contributed by atoms with van der Waals surface area (Å²) in [5, 5.41) is 8.58. The highest BCUT2D eigenvalue weighted by molar-refractivity contribution is 7.89. The predicted molar refractivity (Wildman–Crippen MR) is 80.7 cm³/mol. The quantitative estimate of drug-likeness (QED) is 0.820. The minimum atomic E-state index is -3.60. The van der Waals surface area contributed by atoms with Crippen molar-refractivity contribution < 1.29 is 8.42 Å². The van der Waals surface area contributed by atoms with Gasteiger partial charge in [-0.25, -0.2) is 13.6 Å². The number of primary sulfonamides is 1. The summed E-state index contributed by atoms with van der Waals surface area (Å²) in [5.41, 5.74) is 0.963. The average molecular weight is 296 g/mol. The molecule has 0 heterocycles. The van der Waals surface area contributed by atoms with Crippen LogP contribution >= 0.6 is 0 Å². The Morgan fingerprint density at radius 3 is 2.50 bits per heavy atom. The van der Waals surface area contributed by atoms with Crippen LogP contribution in [0.1, 0.15) is 44.1 Å². The Morgan fingerprint density at radius 1 is 1.15 bits per heavy atom. The fourth-order valence-electron chi connectivity index (χ4n) is 2.82. The first kappa shape index (κ1) is 15.5. The molecule has 112 valence electrons. The molecule has 1 saturated carbocycles. The SMILES string of the molecule is NS(=O)(=O)c1cccc(CNCC2CCCCCC2)c1. The predicted octanol–water partition coefficient (Wildman–Crippen LogP) is 2.39. The number of sulfonamides is 1. The zero-order valence-electron chi connectivity index (χ0n) is 11.8. The molecular weight excluding hydrogens is 272 g/mol. The van der Waals surface area contributed by atoms with E-state index in [-0.39, 0.29) is 4.90 Å². The van der Waals surface area contributed by atoms with Crippen LogP contribution in [0.3, 0.4) is 0 Å². The minimum Gasteiger partial charge on any atom is -0.312 e. The monoisotopic (exact) mass is 296 g/mol. The van der Waals surface area contributed by atoms with Crippen molar-refractivity contribution >= 4 is 10.0 Å². The number of hydrogen-bond donors (Lipinski definition) is 2. The van der Waals surface area contributed by atoms with Gasteiger partial charge in [0.15, 0.2) is 0 Å². The van der Waals surface area contributed by atoms with Crippen LogP contribution in [0.4, 0.5) is 0 Å². The second kappa shape index (κ2) is 7.20. The summed E-state index contributed by atoms with van der Waals surface area (Å²) in [5.74, 6) is 0.763. The topological polar surface area (TPSA) is 72.2 Å². The number of nitrogens with two attached hydrogens (primary N) is 1. The Bertz CT molecular complexity index is 520. The van der Waals surface area contributed by atoms with Crippen molar-refractivity contribution in [1.29, 1.82) is 0 Å². The van der Waals surface area contributed by atoms with Crippen LogP contribution in [0.15, 0.2) is 29.2 Å². The molecule has 0 spiro atoms. The van der Waals surface area contributed by atoms with Crippen molar-refractivity contribution in [2.24, 2.45) is 11.1 Å². The third-order valence-corrected chi connectivity index (χ3v) is 4.87. The van der Waals surface area contributed by atoms with Crippen molar-refractivity contribution in [3.8, 4) is 0 Å². The maximum absolute atomic E-state index is 11.3. The van der Waals surface area contributed by atoms with E-state index in [2.05, 4.69) is 5.32 Å². The summed E-state index contributed by atoms with van der Waals surface area (Å²) in [6, 6.07) is 6.84. The Hall–Kier alpha value is -0.910. The van der Waals surface area contributed by atoms with Gasteiger partial charge in [-0.1, -0.05) is 37.8 Å². The molecule has 5 heteroatoms. The molecule has 0 aromatic heterocycles. The third-order valence-electron chi connectivity index (χ3n) is 3.96. The molecule has 1 aliphatic carbocycles. The van der Waals surface area contributed by atoms with Gasteiger partial charge in [0, 0.05) is 6.54 Å². The second-order valence-corrected chi connectivity index (χ2v) is 7.24. The second-order valence-electron chi connectivity index (χ2n) is 5.68. The zero-order chi connectivity index (χ0) is 14.4. The highest BCUT2D eigenvalue weighted by Crippen LogP contribution is 2.22. The molecular formula is C15H24N2O2S. The summed E-state index contributed by atoms with van der Waals surface area (Å²) < 4.78 is 22.6. The molecule has 0 radical (unpaired) electrons. The lowest BCUT2D eigenvalue weighted by atomic mass is 10.0. The molecule has 0 amide bonds. The van der Waals surface area contributed by atoms with Gasteiger partial charge >= 0.3 is 0 Å². The van der Waals surface area contributed by atoms with E-state index in [1.54, 1.807) is 12.1 Å². The number of nitrogens with one attached hydrogen (secondary N) is 1. The number of hydrogen-bond acceptors (Lipinski definition) is 3. The van der Waals surface area contributed by atoms with Crippen molar-refractivity contribution in [2.75, 3.05) is 6.54 Å². The fraction of sp³-hybridized carbons (Fsp3) is 0.600. The van der Waals surface area contributed by atoms with Crippen molar-refractivity contribution in [3.05, 3.63) is 29.8 Å². The van der Waals surface area contributed by atoms with Crippen molar-refractivity contribution in [2.45, 2.75) is 50.0 Å². The molecule has 4 nitrogen and oxygen atoms in total. The van der Waals surface area contributed by atoms with E-state index in [9.17, 15) is 8.42 Å². The van der Waals surface area contributed by atoms with Gasteiger partial charge in [0.05, 0.1) is 4.90 Å². The Morgan fingerprint density at radius 2 is 1.85 bits per heavy atom. The van der Waals surface area contributed by atoms with E-state index in [4.69, 9.17) is 5.14 Å². The van der Waals surface area contributed by atoms with Crippen LogP contribution < -0.4 is 10.5 Å². The molecule has 0 bridgehead atoms. The lowest BCUT2D eigenvalue weighted by Crippen LogP contribution is -2.22. The van der Waals surface area contributed by atoms with Crippen LogP contribution in [0.5, 0.6) is 0 Å². The molecule has 2 rings (SSSR count). The summed E-state index contributed by atoms with van der Waals surface area (Å²) in [7, 11) is -3.60. The molecule has 0 atom stereocenters. The van der Waals surface area contributed by atoms with Gasteiger partial charge in [-0.05, 0) is 43.0 Å². The standard InChI is InChI=1S/C15H24N2O2S/c16-20(18,19)15-9-5-8-14(10-15)12-17-11-13-6-3-1-2-4-7-13/h5,8-10,13,17H,1-4,6-7,11-12H2,(H2,16,18,19). The first-order valence-corrected chi connectivity index (χ1v) is 8.93. The molecule has 20 heavy (non-hydrogen) atoms. The van der Waals surface area contributed by atoms with Gasteiger partial charge in [0.25, 0.3) is 0 Å². The summed E-state index contributed by atoms with van der Waals surface area (Å²) in [6.45, 7) is 1.71. The van der Waals surface area contributed by atoms with Crippen LogP contribution in [0, 0.1) is 5.92 Å².